The molecule has 2 N–H and O–H groups in total. The highest BCUT2D eigenvalue weighted by molar-refractivity contribution is 7.89. The van der Waals surface area contributed by atoms with E-state index in [9.17, 15) is 12.8 Å². The summed E-state index contributed by atoms with van der Waals surface area (Å²) in [6.07, 6.45) is 4.88. The smallest absolute Gasteiger partial charge is 0.191 e. The van der Waals surface area contributed by atoms with Crippen molar-refractivity contribution in [3.63, 3.8) is 0 Å². The fraction of sp³-hybridized carbons (Fsp3) is 0.500. The summed E-state index contributed by atoms with van der Waals surface area (Å²) in [5.41, 5.74) is 1.11. The molecule has 2 rings (SSSR count). The summed E-state index contributed by atoms with van der Waals surface area (Å²) in [6, 6.07) is 4.11. The van der Waals surface area contributed by atoms with E-state index >= 15 is 0 Å². The fourth-order valence-corrected chi connectivity index (χ4v) is 3.75. The first-order valence-corrected chi connectivity index (χ1v) is 11.7. The van der Waals surface area contributed by atoms with Gasteiger partial charge in [-0.2, -0.15) is 0 Å². The number of rotatable bonds is 9. The number of benzene rings is 1. The summed E-state index contributed by atoms with van der Waals surface area (Å²) in [5, 5.41) is 6.38. The fourth-order valence-electron chi connectivity index (χ4n) is 2.90. The van der Waals surface area contributed by atoms with Crippen molar-refractivity contribution in [3.05, 3.63) is 53.4 Å². The number of imidazole rings is 1. The molecule has 0 fully saturated rings. The molecule has 0 atom stereocenters. The van der Waals surface area contributed by atoms with Crippen LogP contribution in [0.3, 0.4) is 0 Å². The molecule has 1 aromatic heterocycles. The molecular weight excluding hydrogens is 393 g/mol. The Labute approximate surface area is 172 Å². The maximum Gasteiger partial charge on any atom is 0.191 e. The van der Waals surface area contributed by atoms with Crippen LogP contribution in [0.1, 0.15) is 37.7 Å². The van der Waals surface area contributed by atoms with Gasteiger partial charge in [-0.1, -0.05) is 19.9 Å². The minimum absolute atomic E-state index is 0.144. The van der Waals surface area contributed by atoms with Crippen LogP contribution in [-0.4, -0.2) is 36.7 Å². The second kappa shape index (κ2) is 10.4. The number of halogens is 1. The Bertz CT molecular complexity index is 938. The predicted octanol–water partition coefficient (Wildman–Crippen LogP) is 2.48. The molecule has 7 nitrogen and oxygen atoms in total. The standard InChI is InChI=1S/C20H30FN5O2S/c1-5-22-20(25-12-19-23-8-9-26(19)13-15(2)3)24-11-17-10-18(21)7-6-16(17)14-29(4,27)28/h6-10,15H,5,11-14H2,1-4H3,(H2,22,24,25). The largest absolute Gasteiger partial charge is 0.357 e. The molecule has 0 bridgehead atoms. The third-order valence-electron chi connectivity index (χ3n) is 4.12. The first-order chi connectivity index (χ1) is 13.7. The van der Waals surface area contributed by atoms with Crippen LogP contribution in [0.2, 0.25) is 0 Å². The molecule has 2 aromatic rings. The Kier molecular flexibility index (Phi) is 8.19. The molecule has 0 saturated heterocycles. The van der Waals surface area contributed by atoms with Gasteiger partial charge in [0.25, 0.3) is 0 Å². The number of hydrogen-bond donors (Lipinski definition) is 2. The molecule has 0 aliphatic carbocycles. The van der Waals surface area contributed by atoms with E-state index in [4.69, 9.17) is 0 Å². The van der Waals surface area contributed by atoms with Gasteiger partial charge in [-0.25, -0.2) is 22.8 Å². The highest BCUT2D eigenvalue weighted by atomic mass is 32.2. The number of hydrogen-bond acceptors (Lipinski definition) is 4. The summed E-state index contributed by atoms with van der Waals surface area (Å²) in [4.78, 5) is 8.89. The van der Waals surface area contributed by atoms with Crippen LogP contribution < -0.4 is 10.6 Å². The first-order valence-electron chi connectivity index (χ1n) is 9.65. The van der Waals surface area contributed by atoms with E-state index in [0.29, 0.717) is 36.1 Å². The number of aromatic nitrogens is 2. The van der Waals surface area contributed by atoms with Crippen LogP contribution in [0.15, 0.2) is 35.6 Å². The zero-order valence-corrected chi connectivity index (χ0v) is 18.3. The molecule has 0 unspecified atom stereocenters. The third kappa shape index (κ3) is 7.84. The van der Waals surface area contributed by atoms with Crippen molar-refractivity contribution >= 4 is 15.8 Å². The van der Waals surface area contributed by atoms with Gasteiger partial charge in [0.2, 0.25) is 0 Å². The van der Waals surface area contributed by atoms with Crippen molar-refractivity contribution in [1.82, 2.24) is 20.2 Å². The van der Waals surface area contributed by atoms with Crippen LogP contribution in [0.5, 0.6) is 0 Å². The Morgan fingerprint density at radius 2 is 2.03 bits per heavy atom. The predicted molar refractivity (Wildman–Crippen MR) is 114 cm³/mol. The second-order valence-corrected chi connectivity index (χ2v) is 9.56. The van der Waals surface area contributed by atoms with Gasteiger partial charge in [0.15, 0.2) is 15.8 Å². The Morgan fingerprint density at radius 1 is 1.28 bits per heavy atom. The summed E-state index contributed by atoms with van der Waals surface area (Å²) in [5.74, 6) is 1.40. The molecule has 29 heavy (non-hydrogen) atoms. The summed E-state index contributed by atoms with van der Waals surface area (Å²) in [6.45, 7) is 8.44. The quantitative estimate of drug-likeness (QED) is 0.478. The SMILES string of the molecule is CCNC(=NCc1cc(F)ccc1CS(C)(=O)=O)NCc1nccn1CC(C)C. The number of nitrogens with one attached hydrogen (secondary N) is 2. The van der Waals surface area contributed by atoms with E-state index in [1.165, 1.54) is 18.2 Å². The summed E-state index contributed by atoms with van der Waals surface area (Å²) in [7, 11) is -3.23. The molecule has 0 radical (unpaired) electrons. The van der Waals surface area contributed by atoms with Crippen LogP contribution in [-0.2, 0) is 35.2 Å². The lowest BCUT2D eigenvalue weighted by Crippen LogP contribution is -2.37. The van der Waals surface area contributed by atoms with Gasteiger partial charge in [0, 0.05) is 31.7 Å². The molecule has 1 aromatic carbocycles. The number of aliphatic imine (C=N–C) groups is 1. The van der Waals surface area contributed by atoms with E-state index < -0.39 is 15.7 Å². The number of guanidine groups is 1. The van der Waals surface area contributed by atoms with Crippen molar-refractivity contribution in [2.45, 2.75) is 46.2 Å². The molecule has 0 amide bonds. The van der Waals surface area contributed by atoms with Crippen molar-refractivity contribution in [2.75, 3.05) is 12.8 Å². The van der Waals surface area contributed by atoms with E-state index in [2.05, 4.69) is 39.0 Å². The first kappa shape index (κ1) is 22.9. The van der Waals surface area contributed by atoms with E-state index in [1.807, 2.05) is 13.1 Å². The van der Waals surface area contributed by atoms with Crippen molar-refractivity contribution in [1.29, 1.82) is 0 Å². The van der Waals surface area contributed by atoms with Crippen molar-refractivity contribution in [2.24, 2.45) is 10.9 Å². The highest BCUT2D eigenvalue weighted by Crippen LogP contribution is 2.15. The van der Waals surface area contributed by atoms with E-state index in [1.54, 1.807) is 6.20 Å². The van der Waals surface area contributed by atoms with Crippen molar-refractivity contribution in [3.8, 4) is 0 Å². The second-order valence-electron chi connectivity index (χ2n) is 7.42. The van der Waals surface area contributed by atoms with Crippen molar-refractivity contribution < 1.29 is 12.8 Å². The third-order valence-corrected chi connectivity index (χ3v) is 4.95. The normalized spacial score (nSPS) is 12.4. The molecule has 0 spiro atoms. The maximum absolute atomic E-state index is 13.7. The Balaban J connectivity index is 2.13. The zero-order valence-electron chi connectivity index (χ0n) is 17.4. The Morgan fingerprint density at radius 3 is 2.69 bits per heavy atom. The number of sulfone groups is 1. The highest BCUT2D eigenvalue weighted by Gasteiger charge is 2.11. The Hall–Kier alpha value is -2.42. The molecule has 1 heterocycles. The topological polar surface area (TPSA) is 88.4 Å². The van der Waals surface area contributed by atoms with Gasteiger partial charge >= 0.3 is 0 Å². The summed E-state index contributed by atoms with van der Waals surface area (Å²) < 4.78 is 39.1. The van der Waals surface area contributed by atoms with Crippen LogP contribution in [0.25, 0.3) is 0 Å². The van der Waals surface area contributed by atoms with Gasteiger partial charge in [-0.15, -0.1) is 0 Å². The lowest BCUT2D eigenvalue weighted by molar-refractivity contribution is 0.503. The lowest BCUT2D eigenvalue weighted by atomic mass is 10.1. The molecule has 0 aliphatic rings. The van der Waals surface area contributed by atoms with Crippen LogP contribution in [0.4, 0.5) is 4.39 Å². The maximum atomic E-state index is 13.7. The van der Waals surface area contributed by atoms with Crippen LogP contribution >= 0.6 is 0 Å². The van der Waals surface area contributed by atoms with Gasteiger partial charge < -0.3 is 15.2 Å². The van der Waals surface area contributed by atoms with Gasteiger partial charge in [-0.3, -0.25) is 0 Å². The lowest BCUT2D eigenvalue weighted by Gasteiger charge is -2.14. The minimum atomic E-state index is -3.23. The number of nitrogens with zero attached hydrogens (tertiary/aromatic N) is 3. The van der Waals surface area contributed by atoms with Gasteiger partial charge in [0.05, 0.1) is 18.8 Å². The minimum Gasteiger partial charge on any atom is -0.357 e. The summed E-state index contributed by atoms with van der Waals surface area (Å²) >= 11 is 0. The molecule has 160 valence electrons. The molecule has 0 saturated carbocycles. The average molecular weight is 424 g/mol. The van der Waals surface area contributed by atoms with Gasteiger partial charge in [-0.05, 0) is 36.1 Å². The van der Waals surface area contributed by atoms with Gasteiger partial charge in [0.1, 0.15) is 11.6 Å². The van der Waals surface area contributed by atoms with E-state index in [-0.39, 0.29) is 12.3 Å². The zero-order chi connectivity index (χ0) is 21.4. The molecule has 9 heteroatoms. The monoisotopic (exact) mass is 423 g/mol. The molecule has 0 aliphatic heterocycles. The average Bonchev–Trinajstić information content (AvgIpc) is 3.04. The molecular formula is C20H30FN5O2S. The van der Waals surface area contributed by atoms with Crippen LogP contribution in [0, 0.1) is 11.7 Å². The van der Waals surface area contributed by atoms with E-state index in [0.717, 1.165) is 18.6 Å².